The number of ether oxygens (including phenoxy) is 1. The Morgan fingerprint density at radius 3 is 2.62 bits per heavy atom. The summed E-state index contributed by atoms with van der Waals surface area (Å²) in [6.45, 7) is 2.22. The van der Waals surface area contributed by atoms with Gasteiger partial charge in [-0.05, 0) is 55.2 Å². The van der Waals surface area contributed by atoms with Crippen molar-refractivity contribution in [3.63, 3.8) is 0 Å². The number of aromatic nitrogens is 1. The molecule has 0 aliphatic heterocycles. The summed E-state index contributed by atoms with van der Waals surface area (Å²) in [7, 11) is 0. The highest BCUT2D eigenvalue weighted by atomic mass is 32.1. The molecule has 1 aliphatic carbocycles. The SMILES string of the molecule is Cc1ccc(C(=O)NC2CC2)cc1Nc1nc(-c2cccc(F)c2)c(OC(=O)NCc2ccccc2)s1. The summed E-state index contributed by atoms with van der Waals surface area (Å²) in [5.41, 5.74) is 3.89. The van der Waals surface area contributed by atoms with Crippen LogP contribution in [0.4, 0.5) is 20.0 Å². The average Bonchev–Trinajstić information content (AvgIpc) is 3.62. The second-order valence-corrected chi connectivity index (χ2v) is 9.76. The van der Waals surface area contributed by atoms with E-state index in [0.29, 0.717) is 34.2 Å². The van der Waals surface area contributed by atoms with Gasteiger partial charge in [0.25, 0.3) is 5.91 Å². The summed E-state index contributed by atoms with van der Waals surface area (Å²) in [6.07, 6.45) is 1.37. The van der Waals surface area contributed by atoms with Crippen LogP contribution in [0.1, 0.15) is 34.3 Å². The highest BCUT2D eigenvalue weighted by molar-refractivity contribution is 7.18. The molecule has 188 valence electrons. The quantitative estimate of drug-likeness (QED) is 0.260. The molecule has 3 N–H and O–H groups in total. The smallest absolute Gasteiger partial charge is 0.397 e. The van der Waals surface area contributed by atoms with Crippen LogP contribution in [-0.4, -0.2) is 23.0 Å². The van der Waals surface area contributed by atoms with Crippen molar-refractivity contribution in [2.45, 2.75) is 32.4 Å². The number of halogens is 1. The van der Waals surface area contributed by atoms with Gasteiger partial charge in [0, 0.05) is 29.4 Å². The molecule has 0 spiro atoms. The van der Waals surface area contributed by atoms with Crippen molar-refractivity contribution < 1.29 is 18.7 Å². The van der Waals surface area contributed by atoms with E-state index in [1.807, 2.05) is 43.3 Å². The number of thiazole rings is 1. The zero-order valence-corrected chi connectivity index (χ0v) is 20.9. The molecule has 1 saturated carbocycles. The molecule has 5 rings (SSSR count). The molecular weight excluding hydrogens is 491 g/mol. The number of nitrogens with zero attached hydrogens (tertiary/aromatic N) is 1. The van der Waals surface area contributed by atoms with Crippen molar-refractivity contribution in [3.8, 4) is 16.3 Å². The monoisotopic (exact) mass is 516 g/mol. The van der Waals surface area contributed by atoms with Gasteiger partial charge in [-0.2, -0.15) is 0 Å². The zero-order chi connectivity index (χ0) is 25.8. The first-order valence-electron chi connectivity index (χ1n) is 11.9. The summed E-state index contributed by atoms with van der Waals surface area (Å²) >= 11 is 1.12. The summed E-state index contributed by atoms with van der Waals surface area (Å²) < 4.78 is 19.6. The van der Waals surface area contributed by atoms with Gasteiger partial charge in [0.05, 0.1) is 0 Å². The molecule has 1 fully saturated rings. The van der Waals surface area contributed by atoms with Gasteiger partial charge in [-0.1, -0.05) is 59.9 Å². The van der Waals surface area contributed by atoms with Gasteiger partial charge in [-0.25, -0.2) is 14.2 Å². The van der Waals surface area contributed by atoms with E-state index in [0.717, 1.165) is 35.3 Å². The molecule has 1 heterocycles. The van der Waals surface area contributed by atoms with E-state index in [1.54, 1.807) is 24.3 Å². The maximum absolute atomic E-state index is 14.0. The Bertz CT molecular complexity index is 1440. The topological polar surface area (TPSA) is 92.3 Å². The number of carbonyl (C=O) groups is 2. The minimum absolute atomic E-state index is 0.121. The molecule has 1 aliphatic rings. The van der Waals surface area contributed by atoms with Gasteiger partial charge in [-0.15, -0.1) is 0 Å². The van der Waals surface area contributed by atoms with Crippen LogP contribution in [0.25, 0.3) is 11.3 Å². The summed E-state index contributed by atoms with van der Waals surface area (Å²) in [6, 6.07) is 21.1. The van der Waals surface area contributed by atoms with E-state index in [2.05, 4.69) is 20.9 Å². The van der Waals surface area contributed by atoms with Gasteiger partial charge in [0.2, 0.25) is 5.06 Å². The molecule has 0 saturated heterocycles. The Morgan fingerprint density at radius 2 is 1.86 bits per heavy atom. The lowest BCUT2D eigenvalue weighted by atomic mass is 10.1. The number of carbonyl (C=O) groups excluding carboxylic acids is 2. The fourth-order valence-corrected chi connectivity index (χ4v) is 4.50. The third kappa shape index (κ3) is 6.31. The minimum atomic E-state index is -0.647. The Hall–Kier alpha value is -4.24. The van der Waals surface area contributed by atoms with Crippen molar-refractivity contribution in [2.75, 3.05) is 5.32 Å². The van der Waals surface area contributed by atoms with Crippen LogP contribution in [0.3, 0.4) is 0 Å². The van der Waals surface area contributed by atoms with Gasteiger partial charge < -0.3 is 20.7 Å². The standard InChI is InChI=1S/C28H25FN4O3S/c1-17-10-11-20(25(34)31-22-12-13-22)15-23(17)32-27-33-24(19-8-5-9-21(29)14-19)26(37-27)36-28(35)30-16-18-6-3-2-4-7-18/h2-11,14-15,22H,12-13,16H2,1H3,(H,30,35)(H,31,34)(H,32,33). The number of anilines is 2. The molecule has 3 aromatic carbocycles. The maximum atomic E-state index is 14.0. The van der Waals surface area contributed by atoms with E-state index in [4.69, 9.17) is 4.74 Å². The number of amides is 2. The Balaban J connectivity index is 1.38. The van der Waals surface area contributed by atoms with Gasteiger partial charge in [0.1, 0.15) is 11.5 Å². The van der Waals surface area contributed by atoms with Gasteiger partial charge >= 0.3 is 6.09 Å². The Kier molecular flexibility index (Phi) is 7.14. The minimum Gasteiger partial charge on any atom is -0.397 e. The number of benzene rings is 3. The predicted octanol–water partition coefficient (Wildman–Crippen LogP) is 6.18. The van der Waals surface area contributed by atoms with Crippen LogP contribution in [0.2, 0.25) is 0 Å². The molecule has 37 heavy (non-hydrogen) atoms. The lowest BCUT2D eigenvalue weighted by Gasteiger charge is -2.10. The Labute approximate surface area is 217 Å². The summed E-state index contributed by atoms with van der Waals surface area (Å²) in [5.74, 6) is -0.547. The lowest BCUT2D eigenvalue weighted by molar-refractivity contribution is 0.0951. The van der Waals surface area contributed by atoms with E-state index in [-0.39, 0.29) is 17.0 Å². The summed E-state index contributed by atoms with van der Waals surface area (Å²) in [4.78, 5) is 29.7. The molecule has 2 amide bonds. The van der Waals surface area contributed by atoms with Crippen molar-refractivity contribution in [3.05, 3.63) is 95.3 Å². The third-order valence-electron chi connectivity index (χ3n) is 5.81. The highest BCUT2D eigenvalue weighted by Crippen LogP contribution is 2.39. The second-order valence-electron chi connectivity index (χ2n) is 8.80. The predicted molar refractivity (Wildman–Crippen MR) is 142 cm³/mol. The summed E-state index contributed by atoms with van der Waals surface area (Å²) in [5, 5.41) is 9.61. The number of nitrogens with one attached hydrogen (secondary N) is 3. The average molecular weight is 517 g/mol. The van der Waals surface area contributed by atoms with E-state index < -0.39 is 11.9 Å². The zero-order valence-electron chi connectivity index (χ0n) is 20.1. The van der Waals surface area contributed by atoms with E-state index in [1.165, 1.54) is 12.1 Å². The van der Waals surface area contributed by atoms with Crippen LogP contribution in [-0.2, 0) is 6.54 Å². The maximum Gasteiger partial charge on any atom is 0.413 e. The second kappa shape index (κ2) is 10.8. The first-order valence-corrected chi connectivity index (χ1v) is 12.7. The number of aryl methyl sites for hydroxylation is 1. The first kappa shape index (κ1) is 24.5. The van der Waals surface area contributed by atoms with Crippen LogP contribution in [0.15, 0.2) is 72.8 Å². The van der Waals surface area contributed by atoms with Crippen molar-refractivity contribution in [1.29, 1.82) is 0 Å². The molecule has 0 unspecified atom stereocenters. The number of hydrogen-bond donors (Lipinski definition) is 3. The van der Waals surface area contributed by atoms with Crippen molar-refractivity contribution in [2.24, 2.45) is 0 Å². The fraction of sp³-hybridized carbons (Fsp3) is 0.179. The largest absolute Gasteiger partial charge is 0.413 e. The van der Waals surface area contributed by atoms with Crippen LogP contribution in [0.5, 0.6) is 5.06 Å². The molecule has 0 radical (unpaired) electrons. The van der Waals surface area contributed by atoms with Gasteiger partial charge in [-0.3, -0.25) is 4.79 Å². The Morgan fingerprint density at radius 1 is 1.05 bits per heavy atom. The van der Waals surface area contributed by atoms with Crippen LogP contribution < -0.4 is 20.7 Å². The fourth-order valence-electron chi connectivity index (χ4n) is 3.65. The molecule has 7 nitrogen and oxygen atoms in total. The van der Waals surface area contributed by atoms with Crippen molar-refractivity contribution >= 4 is 34.2 Å². The molecule has 0 bridgehead atoms. The molecular formula is C28H25FN4O3S. The van der Waals surface area contributed by atoms with Crippen LogP contribution >= 0.6 is 11.3 Å². The lowest BCUT2D eigenvalue weighted by Crippen LogP contribution is -2.26. The van der Waals surface area contributed by atoms with Crippen molar-refractivity contribution in [1.82, 2.24) is 15.6 Å². The van der Waals surface area contributed by atoms with E-state index in [9.17, 15) is 14.0 Å². The normalized spacial score (nSPS) is 12.6. The van der Waals surface area contributed by atoms with Crippen LogP contribution in [0, 0.1) is 12.7 Å². The highest BCUT2D eigenvalue weighted by Gasteiger charge is 2.24. The molecule has 9 heteroatoms. The first-order chi connectivity index (χ1) is 17.9. The molecule has 4 aromatic rings. The third-order valence-corrected chi connectivity index (χ3v) is 6.66. The van der Waals surface area contributed by atoms with Gasteiger partial charge in [0.15, 0.2) is 5.13 Å². The molecule has 0 atom stereocenters. The number of hydrogen-bond acceptors (Lipinski definition) is 6. The number of rotatable bonds is 8. The van der Waals surface area contributed by atoms with E-state index >= 15 is 0 Å². The molecule has 1 aromatic heterocycles.